The summed E-state index contributed by atoms with van der Waals surface area (Å²) in [5.74, 6) is 0.0741. The Kier molecular flexibility index (Phi) is 6.12. The molecule has 0 aliphatic carbocycles. The van der Waals surface area contributed by atoms with Crippen molar-refractivity contribution < 1.29 is 4.79 Å². The summed E-state index contributed by atoms with van der Waals surface area (Å²) in [5, 5.41) is 6.41. The summed E-state index contributed by atoms with van der Waals surface area (Å²) in [6.07, 6.45) is 9.01. The second kappa shape index (κ2) is 8.10. The van der Waals surface area contributed by atoms with Gasteiger partial charge < -0.3 is 15.2 Å². The molecule has 0 atom stereocenters. The molecule has 1 aliphatic heterocycles. The number of aromatic nitrogens is 1. The number of nitrogens with zero attached hydrogens (tertiary/aromatic N) is 1. The Morgan fingerprint density at radius 2 is 2.15 bits per heavy atom. The van der Waals surface area contributed by atoms with Gasteiger partial charge in [-0.2, -0.15) is 0 Å². The zero-order chi connectivity index (χ0) is 14.2. The van der Waals surface area contributed by atoms with Crippen LogP contribution in [0, 0.1) is 0 Å². The molecule has 0 saturated carbocycles. The van der Waals surface area contributed by atoms with E-state index in [1.165, 1.54) is 19.3 Å². The van der Waals surface area contributed by atoms with E-state index >= 15 is 0 Å². The van der Waals surface area contributed by atoms with Gasteiger partial charge in [-0.15, -0.1) is 0 Å². The molecule has 1 aromatic heterocycles. The lowest BCUT2D eigenvalue weighted by Crippen LogP contribution is -2.32. The van der Waals surface area contributed by atoms with Gasteiger partial charge in [-0.05, 0) is 44.5 Å². The van der Waals surface area contributed by atoms with Gasteiger partial charge in [0.2, 0.25) is 0 Å². The van der Waals surface area contributed by atoms with Crippen LogP contribution in [0.3, 0.4) is 0 Å². The van der Waals surface area contributed by atoms with Crippen LogP contribution in [-0.2, 0) is 0 Å². The zero-order valence-corrected chi connectivity index (χ0v) is 12.5. The molecular formula is C16H27N3O. The lowest BCUT2D eigenvalue weighted by molar-refractivity contribution is 0.0940. The topological polar surface area (TPSA) is 46.1 Å². The Bertz CT molecular complexity index is 408. The first-order valence-corrected chi connectivity index (χ1v) is 7.98. The summed E-state index contributed by atoms with van der Waals surface area (Å²) in [4.78, 5) is 12.3. The molecule has 2 N–H and O–H groups in total. The Balaban J connectivity index is 1.85. The number of hydrogen-bond acceptors (Lipinski definition) is 2. The third-order valence-corrected chi connectivity index (χ3v) is 4.03. The van der Waals surface area contributed by atoms with Crippen molar-refractivity contribution in [1.29, 1.82) is 0 Å². The Hall–Kier alpha value is -1.29. The van der Waals surface area contributed by atoms with Crippen molar-refractivity contribution in [2.24, 2.45) is 0 Å². The molecule has 1 aromatic rings. The lowest BCUT2D eigenvalue weighted by atomic mass is 10.1. The molecular weight excluding hydrogens is 250 g/mol. The van der Waals surface area contributed by atoms with Crippen LogP contribution in [0.2, 0.25) is 0 Å². The van der Waals surface area contributed by atoms with Crippen LogP contribution in [0.1, 0.15) is 62.0 Å². The SMILES string of the molecule is CCCCCCNC(=O)c1cccn1C1CCNCC1. The summed E-state index contributed by atoms with van der Waals surface area (Å²) in [6.45, 7) is 5.07. The molecule has 0 aromatic carbocycles. The van der Waals surface area contributed by atoms with Crippen LogP contribution < -0.4 is 10.6 Å². The molecule has 1 aliphatic rings. The first kappa shape index (κ1) is 15.1. The number of amides is 1. The minimum absolute atomic E-state index is 0.0741. The fourth-order valence-electron chi connectivity index (χ4n) is 2.83. The van der Waals surface area contributed by atoms with Crippen molar-refractivity contribution in [3.05, 3.63) is 24.0 Å². The number of nitrogens with one attached hydrogen (secondary N) is 2. The van der Waals surface area contributed by atoms with Crippen molar-refractivity contribution in [1.82, 2.24) is 15.2 Å². The van der Waals surface area contributed by atoms with Crippen LogP contribution in [0.5, 0.6) is 0 Å². The average molecular weight is 277 g/mol. The molecule has 4 nitrogen and oxygen atoms in total. The summed E-state index contributed by atoms with van der Waals surface area (Å²) in [6, 6.07) is 4.38. The van der Waals surface area contributed by atoms with Gasteiger partial charge in [0.15, 0.2) is 0 Å². The molecule has 2 heterocycles. The molecule has 1 fully saturated rings. The molecule has 0 spiro atoms. The van der Waals surface area contributed by atoms with Crippen molar-refractivity contribution in [3.8, 4) is 0 Å². The predicted molar refractivity (Wildman–Crippen MR) is 82.0 cm³/mol. The van der Waals surface area contributed by atoms with E-state index < -0.39 is 0 Å². The van der Waals surface area contributed by atoms with E-state index in [0.29, 0.717) is 6.04 Å². The second-order valence-corrected chi connectivity index (χ2v) is 5.60. The van der Waals surface area contributed by atoms with E-state index in [0.717, 1.165) is 44.6 Å². The van der Waals surface area contributed by atoms with E-state index in [9.17, 15) is 4.79 Å². The fourth-order valence-corrected chi connectivity index (χ4v) is 2.83. The van der Waals surface area contributed by atoms with Crippen LogP contribution in [0.25, 0.3) is 0 Å². The third kappa shape index (κ3) is 4.10. The zero-order valence-electron chi connectivity index (χ0n) is 12.5. The maximum absolute atomic E-state index is 12.3. The molecule has 0 bridgehead atoms. The maximum atomic E-state index is 12.3. The Morgan fingerprint density at radius 1 is 1.35 bits per heavy atom. The highest BCUT2D eigenvalue weighted by molar-refractivity contribution is 5.92. The van der Waals surface area contributed by atoms with Gasteiger partial charge in [-0.25, -0.2) is 0 Å². The van der Waals surface area contributed by atoms with Gasteiger partial charge in [-0.3, -0.25) is 4.79 Å². The summed E-state index contributed by atoms with van der Waals surface area (Å²) >= 11 is 0. The number of piperidine rings is 1. The highest BCUT2D eigenvalue weighted by Crippen LogP contribution is 2.21. The van der Waals surface area contributed by atoms with Crippen molar-refractivity contribution in [2.75, 3.05) is 19.6 Å². The van der Waals surface area contributed by atoms with E-state index in [1.807, 2.05) is 18.3 Å². The van der Waals surface area contributed by atoms with Crippen LogP contribution in [0.15, 0.2) is 18.3 Å². The second-order valence-electron chi connectivity index (χ2n) is 5.60. The molecule has 0 unspecified atom stereocenters. The summed E-state index contributed by atoms with van der Waals surface area (Å²) in [5.41, 5.74) is 0.812. The third-order valence-electron chi connectivity index (χ3n) is 4.03. The van der Waals surface area contributed by atoms with Gasteiger partial charge >= 0.3 is 0 Å². The Labute approximate surface area is 121 Å². The maximum Gasteiger partial charge on any atom is 0.267 e. The first-order chi connectivity index (χ1) is 9.83. The van der Waals surface area contributed by atoms with Gasteiger partial charge in [0.05, 0.1) is 0 Å². The Morgan fingerprint density at radius 3 is 2.90 bits per heavy atom. The van der Waals surface area contributed by atoms with Crippen molar-refractivity contribution in [2.45, 2.75) is 51.5 Å². The monoisotopic (exact) mass is 277 g/mol. The predicted octanol–water partition coefficient (Wildman–Crippen LogP) is 2.72. The van der Waals surface area contributed by atoms with Crippen LogP contribution >= 0.6 is 0 Å². The number of rotatable bonds is 7. The van der Waals surface area contributed by atoms with E-state index in [2.05, 4.69) is 22.1 Å². The number of unbranched alkanes of at least 4 members (excludes halogenated alkanes) is 3. The van der Waals surface area contributed by atoms with E-state index in [4.69, 9.17) is 0 Å². The summed E-state index contributed by atoms with van der Waals surface area (Å²) in [7, 11) is 0. The molecule has 112 valence electrons. The smallest absolute Gasteiger partial charge is 0.267 e. The quantitative estimate of drug-likeness (QED) is 0.753. The molecule has 1 saturated heterocycles. The van der Waals surface area contributed by atoms with Crippen LogP contribution in [0.4, 0.5) is 0 Å². The molecule has 20 heavy (non-hydrogen) atoms. The van der Waals surface area contributed by atoms with Gasteiger partial charge in [-0.1, -0.05) is 26.2 Å². The minimum Gasteiger partial charge on any atom is -0.351 e. The van der Waals surface area contributed by atoms with Gasteiger partial charge in [0.1, 0.15) is 5.69 Å². The largest absolute Gasteiger partial charge is 0.351 e. The summed E-state index contributed by atoms with van der Waals surface area (Å²) < 4.78 is 2.15. The van der Waals surface area contributed by atoms with Crippen LogP contribution in [-0.4, -0.2) is 30.1 Å². The molecule has 2 rings (SSSR count). The van der Waals surface area contributed by atoms with Crippen molar-refractivity contribution in [3.63, 3.8) is 0 Å². The van der Waals surface area contributed by atoms with E-state index in [-0.39, 0.29) is 5.91 Å². The lowest BCUT2D eigenvalue weighted by Gasteiger charge is -2.25. The number of carbonyl (C=O) groups is 1. The molecule has 4 heteroatoms. The van der Waals surface area contributed by atoms with E-state index in [1.54, 1.807) is 0 Å². The van der Waals surface area contributed by atoms with Crippen molar-refractivity contribution >= 4 is 5.91 Å². The van der Waals surface area contributed by atoms with Gasteiger partial charge in [0.25, 0.3) is 5.91 Å². The number of carbonyl (C=O) groups excluding carboxylic acids is 1. The first-order valence-electron chi connectivity index (χ1n) is 7.98. The highest BCUT2D eigenvalue weighted by Gasteiger charge is 2.19. The molecule has 0 radical (unpaired) electrons. The normalized spacial score (nSPS) is 16.2. The molecule has 1 amide bonds. The van der Waals surface area contributed by atoms with Gasteiger partial charge in [0, 0.05) is 18.8 Å². The average Bonchev–Trinajstić information content (AvgIpc) is 2.97. The fraction of sp³-hybridized carbons (Fsp3) is 0.688. The highest BCUT2D eigenvalue weighted by atomic mass is 16.1. The standard InChI is InChI=1S/C16H27N3O/c1-2-3-4-5-10-18-16(20)15-7-6-13-19(15)14-8-11-17-12-9-14/h6-7,13-14,17H,2-5,8-12H2,1H3,(H,18,20). The minimum atomic E-state index is 0.0741. The number of hydrogen-bond donors (Lipinski definition) is 2.